The third-order valence-corrected chi connectivity index (χ3v) is 2.77. The Bertz CT molecular complexity index is 629. The summed E-state index contributed by atoms with van der Waals surface area (Å²) in [5.74, 6) is 0.385. The maximum absolute atomic E-state index is 13.6. The summed E-state index contributed by atoms with van der Waals surface area (Å²) in [6, 6.07) is 6.35. The van der Waals surface area contributed by atoms with Crippen LogP contribution >= 0.6 is 0 Å². The van der Waals surface area contributed by atoms with Gasteiger partial charge < -0.3 is 9.73 Å². The number of carbonyl (C=O) groups is 1. The lowest BCUT2D eigenvalue weighted by Crippen LogP contribution is -2.40. The molecule has 112 valence electrons. The second-order valence-corrected chi connectivity index (χ2v) is 5.90. The maximum Gasteiger partial charge on any atom is 0.220 e. The van der Waals surface area contributed by atoms with E-state index in [0.29, 0.717) is 23.6 Å². The number of hydrogen-bond donors (Lipinski definition) is 1. The average molecular weight is 290 g/mol. The highest BCUT2D eigenvalue weighted by Gasteiger charge is 2.15. The molecule has 2 aromatic rings. The molecule has 0 atom stereocenters. The molecule has 2 rings (SSSR count). The van der Waals surface area contributed by atoms with Gasteiger partial charge >= 0.3 is 0 Å². The van der Waals surface area contributed by atoms with Gasteiger partial charge in [-0.1, -0.05) is 12.1 Å². The number of nitrogens with zero attached hydrogens (tertiary/aromatic N) is 1. The second kappa shape index (κ2) is 6.08. The lowest BCUT2D eigenvalue weighted by atomic mass is 10.1. The van der Waals surface area contributed by atoms with Gasteiger partial charge in [0.2, 0.25) is 5.91 Å². The van der Waals surface area contributed by atoms with Gasteiger partial charge in [-0.3, -0.25) is 4.79 Å². The fraction of sp³-hybridized carbons (Fsp3) is 0.375. The topological polar surface area (TPSA) is 55.1 Å². The molecule has 1 amide bonds. The number of halogens is 1. The minimum atomic E-state index is -0.356. The summed E-state index contributed by atoms with van der Waals surface area (Å²) in [6.45, 7) is 5.77. The Labute approximate surface area is 123 Å². The molecule has 1 N–H and O–H groups in total. The summed E-state index contributed by atoms with van der Waals surface area (Å²) in [5, 5.41) is 2.87. The quantitative estimate of drug-likeness (QED) is 0.939. The van der Waals surface area contributed by atoms with Gasteiger partial charge in [0.05, 0.1) is 11.8 Å². The minimum absolute atomic E-state index is 0.0619. The average Bonchev–Trinajstić information content (AvgIpc) is 2.83. The van der Waals surface area contributed by atoms with E-state index in [0.717, 1.165) is 0 Å². The number of amides is 1. The molecule has 0 radical (unpaired) electrons. The summed E-state index contributed by atoms with van der Waals surface area (Å²) in [7, 11) is 0. The molecule has 1 aromatic carbocycles. The molecule has 0 unspecified atom stereocenters. The van der Waals surface area contributed by atoms with E-state index in [1.165, 1.54) is 12.3 Å². The molecule has 4 nitrogen and oxygen atoms in total. The van der Waals surface area contributed by atoms with Crippen molar-refractivity contribution in [2.45, 2.75) is 39.2 Å². The number of benzene rings is 1. The van der Waals surface area contributed by atoms with E-state index in [4.69, 9.17) is 4.42 Å². The molecule has 1 heterocycles. The summed E-state index contributed by atoms with van der Waals surface area (Å²) < 4.78 is 19.1. The molecule has 0 aliphatic heterocycles. The Balaban J connectivity index is 1.98. The lowest BCUT2D eigenvalue weighted by Gasteiger charge is -2.20. The van der Waals surface area contributed by atoms with E-state index in [1.807, 2.05) is 20.8 Å². The Kier molecular flexibility index (Phi) is 4.40. The van der Waals surface area contributed by atoms with Crippen molar-refractivity contribution in [3.05, 3.63) is 42.2 Å². The highest BCUT2D eigenvalue weighted by Crippen LogP contribution is 2.23. The van der Waals surface area contributed by atoms with E-state index in [-0.39, 0.29) is 23.7 Å². The van der Waals surface area contributed by atoms with Gasteiger partial charge in [-0.05, 0) is 32.9 Å². The number of oxazole rings is 1. The van der Waals surface area contributed by atoms with Crippen molar-refractivity contribution in [2.24, 2.45) is 0 Å². The molecule has 0 fully saturated rings. The van der Waals surface area contributed by atoms with E-state index < -0.39 is 0 Å². The largest absolute Gasteiger partial charge is 0.441 e. The summed E-state index contributed by atoms with van der Waals surface area (Å²) in [4.78, 5) is 15.8. The summed E-state index contributed by atoms with van der Waals surface area (Å²) >= 11 is 0. The van der Waals surface area contributed by atoms with Crippen LogP contribution in [0.15, 0.2) is 34.9 Å². The molecule has 0 saturated carbocycles. The van der Waals surface area contributed by atoms with E-state index in [1.54, 1.807) is 18.2 Å². The van der Waals surface area contributed by atoms with Crippen molar-refractivity contribution in [3.8, 4) is 11.3 Å². The van der Waals surface area contributed by atoms with Crippen LogP contribution in [-0.2, 0) is 11.2 Å². The zero-order valence-corrected chi connectivity index (χ0v) is 12.4. The van der Waals surface area contributed by atoms with Crippen molar-refractivity contribution in [1.82, 2.24) is 10.3 Å². The molecule has 0 spiro atoms. The van der Waals surface area contributed by atoms with Crippen molar-refractivity contribution in [2.75, 3.05) is 0 Å². The standard InChI is InChI=1S/C16H19FN2O2/c1-16(2,3)19-14(20)8-9-15-18-10-13(21-15)11-6-4-5-7-12(11)17/h4-7,10H,8-9H2,1-3H3,(H,19,20). The van der Waals surface area contributed by atoms with Crippen LogP contribution in [0.1, 0.15) is 33.1 Å². The summed E-state index contributed by atoms with van der Waals surface area (Å²) in [5.41, 5.74) is 0.113. The van der Waals surface area contributed by atoms with Crippen LogP contribution in [0.4, 0.5) is 4.39 Å². The normalized spacial score (nSPS) is 11.4. The molecule has 0 bridgehead atoms. The number of nitrogens with one attached hydrogen (secondary N) is 1. The van der Waals surface area contributed by atoms with Gasteiger partial charge in [0.25, 0.3) is 0 Å². The highest BCUT2D eigenvalue weighted by molar-refractivity contribution is 5.76. The molecule has 1 aromatic heterocycles. The fourth-order valence-electron chi connectivity index (χ4n) is 1.91. The van der Waals surface area contributed by atoms with Crippen LogP contribution in [0.3, 0.4) is 0 Å². The number of carbonyl (C=O) groups excluding carboxylic acids is 1. The van der Waals surface area contributed by atoms with E-state index >= 15 is 0 Å². The molecular formula is C16H19FN2O2. The van der Waals surface area contributed by atoms with Crippen molar-refractivity contribution in [1.29, 1.82) is 0 Å². The van der Waals surface area contributed by atoms with Crippen molar-refractivity contribution >= 4 is 5.91 Å². The molecule has 0 saturated heterocycles. The highest BCUT2D eigenvalue weighted by atomic mass is 19.1. The Hall–Kier alpha value is -2.17. The monoisotopic (exact) mass is 290 g/mol. The fourth-order valence-corrected chi connectivity index (χ4v) is 1.91. The Morgan fingerprint density at radius 1 is 1.33 bits per heavy atom. The van der Waals surface area contributed by atoms with Gasteiger partial charge in [0.1, 0.15) is 5.82 Å². The predicted octanol–water partition coefficient (Wildman–Crippen LogP) is 3.33. The smallest absolute Gasteiger partial charge is 0.220 e. The van der Waals surface area contributed by atoms with Gasteiger partial charge in [-0.25, -0.2) is 9.37 Å². The van der Waals surface area contributed by atoms with Gasteiger partial charge in [-0.2, -0.15) is 0 Å². The second-order valence-electron chi connectivity index (χ2n) is 5.90. The molecule has 5 heteroatoms. The van der Waals surface area contributed by atoms with Crippen LogP contribution in [0.2, 0.25) is 0 Å². The van der Waals surface area contributed by atoms with Gasteiger partial charge in [0, 0.05) is 18.4 Å². The Morgan fingerprint density at radius 2 is 2.05 bits per heavy atom. The number of aryl methyl sites for hydroxylation is 1. The zero-order chi connectivity index (χ0) is 15.5. The molecule has 0 aliphatic rings. The van der Waals surface area contributed by atoms with Crippen LogP contribution in [-0.4, -0.2) is 16.4 Å². The maximum atomic E-state index is 13.6. The first-order valence-corrected chi connectivity index (χ1v) is 6.86. The third-order valence-electron chi connectivity index (χ3n) is 2.77. The number of rotatable bonds is 4. The van der Waals surface area contributed by atoms with Gasteiger partial charge in [-0.15, -0.1) is 0 Å². The van der Waals surface area contributed by atoms with Crippen LogP contribution in [0, 0.1) is 5.82 Å². The first kappa shape index (κ1) is 15.2. The van der Waals surface area contributed by atoms with Crippen LogP contribution in [0.25, 0.3) is 11.3 Å². The number of aromatic nitrogens is 1. The van der Waals surface area contributed by atoms with E-state index in [9.17, 15) is 9.18 Å². The first-order valence-electron chi connectivity index (χ1n) is 6.86. The molecular weight excluding hydrogens is 271 g/mol. The zero-order valence-electron chi connectivity index (χ0n) is 12.4. The Morgan fingerprint density at radius 3 is 2.71 bits per heavy atom. The van der Waals surface area contributed by atoms with Crippen LogP contribution in [0.5, 0.6) is 0 Å². The van der Waals surface area contributed by atoms with Crippen LogP contribution < -0.4 is 5.32 Å². The summed E-state index contributed by atoms with van der Waals surface area (Å²) in [6.07, 6.45) is 2.15. The van der Waals surface area contributed by atoms with Gasteiger partial charge in [0.15, 0.2) is 11.7 Å². The predicted molar refractivity (Wildman–Crippen MR) is 78.1 cm³/mol. The van der Waals surface area contributed by atoms with E-state index in [2.05, 4.69) is 10.3 Å². The first-order chi connectivity index (χ1) is 9.85. The lowest BCUT2D eigenvalue weighted by molar-refractivity contribution is -0.122. The minimum Gasteiger partial charge on any atom is -0.441 e. The SMILES string of the molecule is CC(C)(C)NC(=O)CCc1ncc(-c2ccccc2F)o1. The molecule has 0 aliphatic carbocycles. The molecule has 21 heavy (non-hydrogen) atoms. The van der Waals surface area contributed by atoms with Crippen molar-refractivity contribution < 1.29 is 13.6 Å². The number of hydrogen-bond acceptors (Lipinski definition) is 3. The van der Waals surface area contributed by atoms with Crippen molar-refractivity contribution in [3.63, 3.8) is 0 Å². The third kappa shape index (κ3) is 4.41.